The highest BCUT2D eigenvalue weighted by molar-refractivity contribution is 7.11. The lowest BCUT2D eigenvalue weighted by Crippen LogP contribution is -2.45. The van der Waals surface area contributed by atoms with Crippen LogP contribution in [0.1, 0.15) is 23.4 Å². The van der Waals surface area contributed by atoms with Gasteiger partial charge in [-0.25, -0.2) is 15.0 Å². The zero-order chi connectivity index (χ0) is 23.1. The number of hydrazone groups is 1. The van der Waals surface area contributed by atoms with E-state index in [-0.39, 0.29) is 12.2 Å². The van der Waals surface area contributed by atoms with Gasteiger partial charge in [-0.3, -0.25) is 4.79 Å². The number of rotatable bonds is 8. The third-order valence-electron chi connectivity index (χ3n) is 4.48. The molecule has 168 valence electrons. The number of esters is 1. The van der Waals surface area contributed by atoms with Gasteiger partial charge in [0.15, 0.2) is 18.1 Å². The average Bonchev–Trinajstić information content (AvgIpc) is 3.30. The Balaban J connectivity index is 1.71. The van der Waals surface area contributed by atoms with E-state index in [1.165, 1.54) is 25.6 Å². The van der Waals surface area contributed by atoms with Gasteiger partial charge in [0.25, 0.3) is 5.91 Å². The minimum Gasteiger partial charge on any atom is -0.493 e. The van der Waals surface area contributed by atoms with Crippen molar-refractivity contribution in [2.24, 2.45) is 5.10 Å². The molecule has 2 aromatic rings. The average molecular weight is 458 g/mol. The summed E-state index contributed by atoms with van der Waals surface area (Å²) in [4.78, 5) is 37.1. The summed E-state index contributed by atoms with van der Waals surface area (Å²) in [7, 11) is 2.71. The number of hydrogen-bond donors (Lipinski definition) is 3. The molecule has 1 unspecified atom stereocenters. The predicted octanol–water partition coefficient (Wildman–Crippen LogP) is 2.09. The molecule has 0 fully saturated rings. The number of benzene rings is 1. The maximum Gasteiger partial charge on any atom is 0.337 e. The number of urea groups is 1. The second kappa shape index (κ2) is 10.4. The van der Waals surface area contributed by atoms with Crippen molar-refractivity contribution in [3.63, 3.8) is 0 Å². The first kappa shape index (κ1) is 22.8. The number of allylic oxidation sites excluding steroid dienone is 1. The number of ether oxygens (including phenoxy) is 3. The van der Waals surface area contributed by atoms with Gasteiger partial charge in [-0.05, 0) is 36.1 Å². The fourth-order valence-electron chi connectivity index (χ4n) is 3.02. The Morgan fingerprint density at radius 1 is 1.25 bits per heavy atom. The Morgan fingerprint density at radius 2 is 2.06 bits per heavy atom. The third-order valence-corrected chi connectivity index (χ3v) is 5.29. The molecule has 0 saturated heterocycles. The van der Waals surface area contributed by atoms with Crippen LogP contribution in [0.4, 0.5) is 4.79 Å². The molecule has 1 aromatic heterocycles. The highest BCUT2D eigenvalue weighted by Crippen LogP contribution is 2.34. The van der Waals surface area contributed by atoms with Crippen LogP contribution in [0.25, 0.3) is 0 Å². The number of hydrogen-bond acceptors (Lipinski definition) is 8. The smallest absolute Gasteiger partial charge is 0.337 e. The molecule has 0 saturated carbocycles. The van der Waals surface area contributed by atoms with Gasteiger partial charge >= 0.3 is 12.0 Å². The highest BCUT2D eigenvalue weighted by Gasteiger charge is 2.32. The van der Waals surface area contributed by atoms with Crippen LogP contribution in [0.3, 0.4) is 0 Å². The van der Waals surface area contributed by atoms with E-state index in [0.29, 0.717) is 22.8 Å². The van der Waals surface area contributed by atoms with E-state index < -0.39 is 23.9 Å². The monoisotopic (exact) mass is 458 g/mol. The Labute approximate surface area is 188 Å². The van der Waals surface area contributed by atoms with Crippen LogP contribution in [0.15, 0.2) is 52.1 Å². The normalized spacial score (nSPS) is 15.7. The summed E-state index contributed by atoms with van der Waals surface area (Å²) in [5, 5.41) is 11.0. The Kier molecular flexibility index (Phi) is 7.45. The van der Waals surface area contributed by atoms with Gasteiger partial charge in [-0.2, -0.15) is 5.10 Å². The van der Waals surface area contributed by atoms with Crippen LogP contribution >= 0.6 is 11.3 Å². The lowest BCUT2D eigenvalue weighted by Gasteiger charge is -2.28. The molecule has 0 spiro atoms. The van der Waals surface area contributed by atoms with Crippen LogP contribution < -0.4 is 25.5 Å². The van der Waals surface area contributed by atoms with E-state index in [4.69, 9.17) is 14.2 Å². The highest BCUT2D eigenvalue weighted by atomic mass is 32.1. The lowest BCUT2D eigenvalue weighted by molar-refractivity contribution is -0.136. The number of carbonyl (C=O) groups excluding carboxylic acids is 3. The number of methoxy groups -OCH3 is 2. The molecule has 0 bridgehead atoms. The number of amides is 3. The summed E-state index contributed by atoms with van der Waals surface area (Å²) in [6.07, 6.45) is 1.54. The third kappa shape index (κ3) is 5.43. The van der Waals surface area contributed by atoms with E-state index in [0.717, 1.165) is 4.88 Å². The maximum absolute atomic E-state index is 12.2. The van der Waals surface area contributed by atoms with Crippen molar-refractivity contribution in [2.75, 3.05) is 20.8 Å². The summed E-state index contributed by atoms with van der Waals surface area (Å²) in [5.41, 5.74) is 3.63. The van der Waals surface area contributed by atoms with Crippen molar-refractivity contribution in [3.05, 3.63) is 57.4 Å². The molecule has 3 amide bonds. The van der Waals surface area contributed by atoms with Crippen LogP contribution in [-0.4, -0.2) is 44.9 Å². The van der Waals surface area contributed by atoms with Gasteiger partial charge in [-0.15, -0.1) is 11.3 Å². The minimum absolute atomic E-state index is 0.269. The summed E-state index contributed by atoms with van der Waals surface area (Å²) in [6, 6.07) is 7.44. The van der Waals surface area contributed by atoms with Crippen molar-refractivity contribution >= 4 is 35.5 Å². The summed E-state index contributed by atoms with van der Waals surface area (Å²) >= 11 is 1.50. The van der Waals surface area contributed by atoms with Gasteiger partial charge in [0.05, 0.1) is 32.0 Å². The molecular formula is C21H22N4O6S. The molecule has 10 nitrogen and oxygen atoms in total. The molecule has 0 radical (unpaired) electrons. The summed E-state index contributed by atoms with van der Waals surface area (Å²) < 4.78 is 15.8. The molecule has 2 heterocycles. The van der Waals surface area contributed by atoms with Crippen LogP contribution in [0.5, 0.6) is 11.5 Å². The van der Waals surface area contributed by atoms with E-state index in [2.05, 4.69) is 21.2 Å². The number of nitrogens with zero attached hydrogens (tertiary/aromatic N) is 1. The first-order valence-corrected chi connectivity index (χ1v) is 10.3. The van der Waals surface area contributed by atoms with Gasteiger partial charge in [-0.1, -0.05) is 12.1 Å². The number of thiophene rings is 1. The van der Waals surface area contributed by atoms with Gasteiger partial charge in [0.1, 0.15) is 0 Å². The minimum atomic E-state index is -0.742. The Bertz CT molecular complexity index is 1060. The van der Waals surface area contributed by atoms with E-state index in [9.17, 15) is 14.4 Å². The Morgan fingerprint density at radius 3 is 2.75 bits per heavy atom. The maximum atomic E-state index is 12.2. The molecule has 1 aliphatic heterocycles. The molecule has 3 rings (SSSR count). The first-order valence-electron chi connectivity index (χ1n) is 9.45. The van der Waals surface area contributed by atoms with E-state index >= 15 is 0 Å². The summed E-state index contributed by atoms with van der Waals surface area (Å²) in [6.45, 7) is 1.33. The van der Waals surface area contributed by atoms with Crippen molar-refractivity contribution < 1.29 is 28.6 Å². The SMILES string of the molecule is COC(=O)C1=C(C)NC(=O)NC1c1ccc(OCC(=O)N/N=C/c2cccs2)c(OC)c1. The van der Waals surface area contributed by atoms with Crippen molar-refractivity contribution in [1.82, 2.24) is 16.1 Å². The van der Waals surface area contributed by atoms with E-state index in [1.807, 2.05) is 17.5 Å². The molecule has 1 aliphatic rings. The summed E-state index contributed by atoms with van der Waals surface area (Å²) in [5.74, 6) is -0.374. The van der Waals surface area contributed by atoms with Gasteiger partial charge in [0, 0.05) is 10.6 Å². The fraction of sp³-hybridized carbons (Fsp3) is 0.238. The topological polar surface area (TPSA) is 127 Å². The molecule has 3 N–H and O–H groups in total. The van der Waals surface area contributed by atoms with Crippen LogP contribution in [-0.2, 0) is 14.3 Å². The standard InChI is InChI=1S/C21H22N4O6S/c1-12-18(20(27)30-3)19(24-21(28)23-12)13-6-7-15(16(9-13)29-2)31-11-17(26)25-22-10-14-5-4-8-32-14/h4-10,19H,11H2,1-3H3,(H,25,26)(H2,23,24,28)/b22-10+. The molecule has 11 heteroatoms. The molecule has 32 heavy (non-hydrogen) atoms. The zero-order valence-electron chi connectivity index (χ0n) is 17.6. The predicted molar refractivity (Wildman–Crippen MR) is 118 cm³/mol. The first-order chi connectivity index (χ1) is 15.4. The van der Waals surface area contributed by atoms with Crippen molar-refractivity contribution in [1.29, 1.82) is 0 Å². The number of carbonyl (C=O) groups is 3. The van der Waals surface area contributed by atoms with E-state index in [1.54, 1.807) is 31.3 Å². The van der Waals surface area contributed by atoms with Gasteiger partial charge in [0.2, 0.25) is 0 Å². The fourth-order valence-corrected chi connectivity index (χ4v) is 3.60. The molecule has 1 atom stereocenters. The van der Waals surface area contributed by atoms with Crippen molar-refractivity contribution in [3.8, 4) is 11.5 Å². The van der Waals surface area contributed by atoms with Crippen LogP contribution in [0, 0.1) is 0 Å². The van der Waals surface area contributed by atoms with Gasteiger partial charge < -0.3 is 24.8 Å². The largest absolute Gasteiger partial charge is 0.493 e. The van der Waals surface area contributed by atoms with Crippen LogP contribution in [0.2, 0.25) is 0 Å². The second-order valence-corrected chi connectivity index (χ2v) is 7.55. The molecule has 1 aromatic carbocycles. The molecular weight excluding hydrogens is 436 g/mol. The number of nitrogens with one attached hydrogen (secondary N) is 3. The second-order valence-electron chi connectivity index (χ2n) is 6.57. The Hall–Kier alpha value is -3.86. The quantitative estimate of drug-likeness (QED) is 0.316. The molecule has 0 aliphatic carbocycles. The van der Waals surface area contributed by atoms with Crippen molar-refractivity contribution in [2.45, 2.75) is 13.0 Å². The lowest BCUT2D eigenvalue weighted by atomic mass is 9.95. The zero-order valence-corrected chi connectivity index (χ0v) is 18.4.